The van der Waals surface area contributed by atoms with Crippen molar-refractivity contribution >= 4 is 17.6 Å². The number of ether oxygens (including phenoxy) is 1. The highest BCUT2D eigenvalue weighted by Gasteiger charge is 2.25. The predicted octanol–water partition coefficient (Wildman–Crippen LogP) is 2.02. The SMILES string of the molecule is Cc1ccc(Oc2ncccn2)cc1N1CCC(=O)NC1=O. The van der Waals surface area contributed by atoms with E-state index < -0.39 is 6.03 Å². The zero-order valence-electron chi connectivity index (χ0n) is 11.9. The number of hydrogen-bond donors (Lipinski definition) is 1. The Bertz CT molecular complexity index is 718. The summed E-state index contributed by atoms with van der Waals surface area (Å²) in [4.78, 5) is 32.7. The maximum absolute atomic E-state index is 12.0. The van der Waals surface area contributed by atoms with Crippen molar-refractivity contribution in [2.24, 2.45) is 0 Å². The summed E-state index contributed by atoms with van der Waals surface area (Å²) < 4.78 is 5.57. The molecule has 1 fully saturated rings. The fraction of sp³-hybridized carbons (Fsp3) is 0.200. The van der Waals surface area contributed by atoms with E-state index >= 15 is 0 Å². The van der Waals surface area contributed by atoms with Gasteiger partial charge >= 0.3 is 12.0 Å². The topological polar surface area (TPSA) is 84.4 Å². The zero-order valence-corrected chi connectivity index (χ0v) is 11.9. The second-order valence-corrected chi connectivity index (χ2v) is 4.84. The van der Waals surface area contributed by atoms with Crippen LogP contribution in [-0.2, 0) is 4.79 Å². The first-order chi connectivity index (χ1) is 10.6. The van der Waals surface area contributed by atoms with Crippen LogP contribution in [-0.4, -0.2) is 28.5 Å². The maximum atomic E-state index is 12.0. The highest BCUT2D eigenvalue weighted by Crippen LogP contribution is 2.28. The molecule has 1 saturated heterocycles. The van der Waals surface area contributed by atoms with E-state index in [0.29, 0.717) is 18.0 Å². The van der Waals surface area contributed by atoms with Crippen molar-refractivity contribution in [2.45, 2.75) is 13.3 Å². The molecule has 7 heteroatoms. The normalized spacial score (nSPS) is 14.7. The van der Waals surface area contributed by atoms with Crippen LogP contribution < -0.4 is 15.0 Å². The second kappa shape index (κ2) is 5.80. The van der Waals surface area contributed by atoms with Gasteiger partial charge in [-0.15, -0.1) is 0 Å². The number of aromatic nitrogens is 2. The van der Waals surface area contributed by atoms with Crippen LogP contribution in [0.3, 0.4) is 0 Å². The van der Waals surface area contributed by atoms with Crippen molar-refractivity contribution in [3.8, 4) is 11.8 Å². The van der Waals surface area contributed by atoms with Gasteiger partial charge in [-0.1, -0.05) is 6.07 Å². The third-order valence-corrected chi connectivity index (χ3v) is 3.28. The molecule has 1 aliphatic heterocycles. The summed E-state index contributed by atoms with van der Waals surface area (Å²) in [6.07, 6.45) is 3.44. The Hall–Kier alpha value is -2.96. The molecule has 2 aromatic rings. The molecule has 3 amide bonds. The van der Waals surface area contributed by atoms with E-state index in [1.54, 1.807) is 30.6 Å². The Morgan fingerprint density at radius 3 is 2.73 bits per heavy atom. The molecular weight excluding hydrogens is 284 g/mol. The van der Waals surface area contributed by atoms with Gasteiger partial charge in [0.1, 0.15) is 5.75 Å². The molecule has 2 heterocycles. The van der Waals surface area contributed by atoms with Gasteiger partial charge < -0.3 is 4.74 Å². The lowest BCUT2D eigenvalue weighted by Crippen LogP contribution is -2.49. The highest BCUT2D eigenvalue weighted by molar-refractivity contribution is 6.06. The van der Waals surface area contributed by atoms with E-state index in [0.717, 1.165) is 5.56 Å². The molecule has 0 spiro atoms. The van der Waals surface area contributed by atoms with E-state index in [1.165, 1.54) is 4.90 Å². The molecular formula is C15H14N4O3. The number of carbonyl (C=O) groups excluding carboxylic acids is 2. The third kappa shape index (κ3) is 2.88. The van der Waals surface area contributed by atoms with Crippen molar-refractivity contribution in [1.29, 1.82) is 0 Å². The molecule has 1 aliphatic rings. The zero-order chi connectivity index (χ0) is 15.5. The minimum atomic E-state index is -0.424. The molecule has 0 radical (unpaired) electrons. The number of imide groups is 1. The number of benzene rings is 1. The molecule has 1 aromatic carbocycles. The summed E-state index contributed by atoms with van der Waals surface area (Å²) in [6, 6.07) is 6.87. The standard InChI is InChI=1S/C15H14N4O3/c1-10-3-4-11(22-14-16-6-2-7-17-14)9-12(10)19-8-5-13(20)18-15(19)21/h2-4,6-7,9H,5,8H2,1H3,(H,18,20,21). The molecule has 1 N–H and O–H groups in total. The summed E-state index contributed by atoms with van der Waals surface area (Å²) in [6.45, 7) is 2.23. The molecule has 0 atom stereocenters. The van der Waals surface area contributed by atoms with Crippen molar-refractivity contribution < 1.29 is 14.3 Å². The van der Waals surface area contributed by atoms with Gasteiger partial charge in [0.05, 0.1) is 5.69 Å². The summed E-state index contributed by atoms with van der Waals surface area (Å²) in [5.74, 6) is 0.264. The fourth-order valence-electron chi connectivity index (χ4n) is 2.18. The molecule has 7 nitrogen and oxygen atoms in total. The number of amides is 3. The molecule has 22 heavy (non-hydrogen) atoms. The number of nitrogens with zero attached hydrogens (tertiary/aromatic N) is 3. The van der Waals surface area contributed by atoms with E-state index in [4.69, 9.17) is 4.74 Å². The number of hydrogen-bond acceptors (Lipinski definition) is 5. The Labute approximate surface area is 126 Å². The number of nitrogens with one attached hydrogen (secondary N) is 1. The van der Waals surface area contributed by atoms with E-state index in [-0.39, 0.29) is 18.3 Å². The van der Waals surface area contributed by atoms with E-state index in [1.807, 2.05) is 13.0 Å². The van der Waals surface area contributed by atoms with Gasteiger partial charge in [-0.05, 0) is 24.6 Å². The van der Waals surface area contributed by atoms with Crippen LogP contribution >= 0.6 is 0 Å². The summed E-state index contributed by atoms with van der Waals surface area (Å²) in [5, 5.41) is 2.31. The highest BCUT2D eigenvalue weighted by atomic mass is 16.5. The number of anilines is 1. The Balaban J connectivity index is 1.87. The van der Waals surface area contributed by atoms with Gasteiger partial charge in [-0.3, -0.25) is 15.0 Å². The van der Waals surface area contributed by atoms with Crippen LogP contribution in [0.25, 0.3) is 0 Å². The Kier molecular flexibility index (Phi) is 3.69. The molecule has 0 unspecified atom stereocenters. The third-order valence-electron chi connectivity index (χ3n) is 3.28. The lowest BCUT2D eigenvalue weighted by molar-refractivity contribution is -0.120. The number of rotatable bonds is 3. The smallest absolute Gasteiger partial charge is 0.328 e. The number of urea groups is 1. The van der Waals surface area contributed by atoms with E-state index in [9.17, 15) is 9.59 Å². The van der Waals surface area contributed by atoms with Gasteiger partial charge in [0, 0.05) is 31.4 Å². The predicted molar refractivity (Wildman–Crippen MR) is 78.8 cm³/mol. The molecule has 0 aliphatic carbocycles. The number of carbonyl (C=O) groups is 2. The minimum Gasteiger partial charge on any atom is -0.424 e. The van der Waals surface area contributed by atoms with Crippen LogP contribution in [0.4, 0.5) is 10.5 Å². The fourth-order valence-corrected chi connectivity index (χ4v) is 2.18. The van der Waals surface area contributed by atoms with Crippen LogP contribution in [0.1, 0.15) is 12.0 Å². The maximum Gasteiger partial charge on any atom is 0.328 e. The van der Waals surface area contributed by atoms with Gasteiger partial charge in [-0.25, -0.2) is 14.8 Å². The van der Waals surface area contributed by atoms with Gasteiger partial charge in [0.25, 0.3) is 0 Å². The Morgan fingerprint density at radius 1 is 1.23 bits per heavy atom. The first kappa shape index (κ1) is 14.0. The molecule has 0 bridgehead atoms. The van der Waals surface area contributed by atoms with Crippen LogP contribution in [0.5, 0.6) is 11.8 Å². The van der Waals surface area contributed by atoms with Crippen LogP contribution in [0, 0.1) is 6.92 Å². The lowest BCUT2D eigenvalue weighted by atomic mass is 10.1. The van der Waals surface area contributed by atoms with Crippen molar-refractivity contribution in [3.05, 3.63) is 42.2 Å². The van der Waals surface area contributed by atoms with E-state index in [2.05, 4.69) is 15.3 Å². The molecule has 0 saturated carbocycles. The van der Waals surface area contributed by atoms with Crippen LogP contribution in [0.2, 0.25) is 0 Å². The molecule has 3 rings (SSSR count). The van der Waals surface area contributed by atoms with Gasteiger partial charge in [0.2, 0.25) is 5.91 Å². The quantitative estimate of drug-likeness (QED) is 0.937. The molecule has 1 aromatic heterocycles. The average Bonchev–Trinajstić information content (AvgIpc) is 2.51. The summed E-state index contributed by atoms with van der Waals surface area (Å²) in [5.41, 5.74) is 1.60. The molecule has 112 valence electrons. The first-order valence-electron chi connectivity index (χ1n) is 6.80. The number of aryl methyl sites for hydroxylation is 1. The van der Waals surface area contributed by atoms with Crippen molar-refractivity contribution in [2.75, 3.05) is 11.4 Å². The monoisotopic (exact) mass is 298 g/mol. The largest absolute Gasteiger partial charge is 0.424 e. The van der Waals surface area contributed by atoms with Gasteiger partial charge in [0.15, 0.2) is 0 Å². The van der Waals surface area contributed by atoms with Crippen molar-refractivity contribution in [3.63, 3.8) is 0 Å². The average molecular weight is 298 g/mol. The minimum absolute atomic E-state index is 0.232. The Morgan fingerprint density at radius 2 is 2.00 bits per heavy atom. The summed E-state index contributed by atoms with van der Waals surface area (Å²) >= 11 is 0. The van der Waals surface area contributed by atoms with Crippen molar-refractivity contribution in [1.82, 2.24) is 15.3 Å². The lowest BCUT2D eigenvalue weighted by Gasteiger charge is -2.28. The van der Waals surface area contributed by atoms with Crippen LogP contribution in [0.15, 0.2) is 36.7 Å². The second-order valence-electron chi connectivity index (χ2n) is 4.84. The van der Waals surface area contributed by atoms with Gasteiger partial charge in [-0.2, -0.15) is 0 Å². The summed E-state index contributed by atoms with van der Waals surface area (Å²) in [7, 11) is 0. The first-order valence-corrected chi connectivity index (χ1v) is 6.80.